The van der Waals surface area contributed by atoms with Gasteiger partial charge < -0.3 is 42.2 Å². The van der Waals surface area contributed by atoms with Gasteiger partial charge in [0.1, 0.15) is 29.4 Å². The van der Waals surface area contributed by atoms with E-state index in [0.717, 1.165) is 35.8 Å². The SMILES string of the molecule is Cc1cc(OCCCC(=O)NCCNC(=O)C(CS(=O)(=O)O)NC(=O)CN)cc(C)c1S(=O)(=O)NC(CNC(=O)c1ccc(CCc2ccc3c(n2)NCCC3)s1)C(=O)O. The molecule has 4 amide bonds. The lowest BCUT2D eigenvalue weighted by Gasteiger charge is -2.18. The lowest BCUT2D eigenvalue weighted by Crippen LogP contribution is -2.52. The number of rotatable bonds is 23. The van der Waals surface area contributed by atoms with Crippen LogP contribution in [0.5, 0.6) is 5.75 Å². The molecule has 2 unspecified atom stereocenters. The highest BCUT2D eigenvalue weighted by Gasteiger charge is 2.29. The van der Waals surface area contributed by atoms with Gasteiger partial charge in [0.2, 0.25) is 27.7 Å². The Bertz CT molecular complexity index is 2240. The van der Waals surface area contributed by atoms with Crippen molar-refractivity contribution in [1.29, 1.82) is 0 Å². The smallest absolute Gasteiger partial charge is 0.323 e. The number of aliphatic carboxylic acids is 1. The normalized spacial score (nSPS) is 13.5. The van der Waals surface area contributed by atoms with Crippen molar-refractivity contribution in [2.75, 3.05) is 50.4 Å². The first kappa shape index (κ1) is 47.5. The van der Waals surface area contributed by atoms with Gasteiger partial charge in [0.25, 0.3) is 16.0 Å². The number of hydrogen-bond acceptors (Lipinski definition) is 14. The molecule has 0 saturated carbocycles. The van der Waals surface area contributed by atoms with Crippen LogP contribution in [0.1, 0.15) is 56.2 Å². The van der Waals surface area contributed by atoms with E-state index in [1.165, 1.54) is 42.9 Å². The van der Waals surface area contributed by atoms with Gasteiger partial charge in [-0.05, 0) is 93.0 Å². The second-order valence-corrected chi connectivity index (χ2v) is 18.2. The number of nitrogens with two attached hydrogens (primary N) is 1. The van der Waals surface area contributed by atoms with Crippen LogP contribution in [0, 0.1) is 13.8 Å². The Balaban J connectivity index is 1.21. The molecule has 2 atom stereocenters. The molecule has 10 N–H and O–H groups in total. The van der Waals surface area contributed by atoms with Crippen LogP contribution in [0.25, 0.3) is 0 Å². The van der Waals surface area contributed by atoms with Crippen LogP contribution in [0.15, 0.2) is 41.3 Å². The zero-order valence-corrected chi connectivity index (χ0v) is 35.5. The predicted octanol–water partition coefficient (Wildman–Crippen LogP) is -0.213. The summed E-state index contributed by atoms with van der Waals surface area (Å²) in [6, 6.07) is 7.21. The first-order chi connectivity index (χ1) is 28.3. The van der Waals surface area contributed by atoms with Gasteiger partial charge in [-0.2, -0.15) is 13.1 Å². The number of carbonyl (C=O) groups excluding carboxylic acids is 4. The van der Waals surface area contributed by atoms with Gasteiger partial charge in [-0.25, -0.2) is 13.4 Å². The molecule has 60 heavy (non-hydrogen) atoms. The van der Waals surface area contributed by atoms with Crippen molar-refractivity contribution in [3.05, 3.63) is 68.5 Å². The average molecular weight is 895 g/mol. The second-order valence-electron chi connectivity index (χ2n) is 13.9. The summed E-state index contributed by atoms with van der Waals surface area (Å²) >= 11 is 1.26. The Morgan fingerprint density at radius 3 is 2.35 bits per heavy atom. The van der Waals surface area contributed by atoms with Crippen LogP contribution >= 0.6 is 11.3 Å². The molecule has 0 radical (unpaired) electrons. The Labute approximate surface area is 351 Å². The third-order valence-electron chi connectivity index (χ3n) is 9.01. The molecule has 0 fully saturated rings. The van der Waals surface area contributed by atoms with Gasteiger partial charge >= 0.3 is 5.97 Å². The summed E-state index contributed by atoms with van der Waals surface area (Å²) in [5.41, 5.74) is 7.82. The monoisotopic (exact) mass is 894 g/mol. The van der Waals surface area contributed by atoms with Crippen LogP contribution in [0.4, 0.5) is 5.82 Å². The van der Waals surface area contributed by atoms with Crippen molar-refractivity contribution in [2.24, 2.45) is 5.73 Å². The van der Waals surface area contributed by atoms with Gasteiger partial charge in [-0.3, -0.25) is 28.5 Å². The lowest BCUT2D eigenvalue weighted by molar-refractivity contribution is -0.138. The molecule has 4 rings (SSSR count). The minimum Gasteiger partial charge on any atom is -0.494 e. The molecule has 0 bridgehead atoms. The van der Waals surface area contributed by atoms with Crippen molar-refractivity contribution < 1.29 is 55.2 Å². The highest BCUT2D eigenvalue weighted by molar-refractivity contribution is 7.89. The van der Waals surface area contributed by atoms with Crippen LogP contribution in [-0.4, -0.2) is 118 Å². The van der Waals surface area contributed by atoms with Crippen molar-refractivity contribution in [3.63, 3.8) is 0 Å². The molecule has 2 aromatic heterocycles. The third kappa shape index (κ3) is 14.8. The number of sulfonamides is 1. The number of benzene rings is 1. The average Bonchev–Trinajstić information content (AvgIpc) is 3.66. The number of nitrogens with zero attached hydrogens (tertiary/aromatic N) is 1. The summed E-state index contributed by atoms with van der Waals surface area (Å²) in [5.74, 6) is -3.98. The third-order valence-corrected chi connectivity index (χ3v) is 12.7. The molecule has 0 saturated heterocycles. The Kier molecular flexibility index (Phi) is 17.3. The molecular weight excluding hydrogens is 845 g/mol. The highest BCUT2D eigenvalue weighted by Crippen LogP contribution is 2.27. The van der Waals surface area contributed by atoms with Crippen molar-refractivity contribution in [1.82, 2.24) is 31.0 Å². The molecule has 20 nitrogen and oxygen atoms in total. The summed E-state index contributed by atoms with van der Waals surface area (Å²) in [5, 5.41) is 22.7. The maximum absolute atomic E-state index is 13.5. The number of carbonyl (C=O) groups is 5. The molecule has 328 valence electrons. The van der Waals surface area contributed by atoms with Gasteiger partial charge in [0, 0.05) is 43.2 Å². The van der Waals surface area contributed by atoms with E-state index in [1.54, 1.807) is 6.07 Å². The summed E-state index contributed by atoms with van der Waals surface area (Å²) in [7, 11) is -8.99. The Morgan fingerprint density at radius 1 is 0.950 bits per heavy atom. The van der Waals surface area contributed by atoms with Crippen molar-refractivity contribution in [3.8, 4) is 5.75 Å². The largest absolute Gasteiger partial charge is 0.494 e. The standard InChI is InChI=1S/C37H50N8O12S3/c1-22-17-26(57-16-4-6-31(46)39-14-15-41-35(48)29(21-59(52,53)54)44-32(47)19-38)18-23(2)33(22)60(55,56)45-28(37(50)51)20-42-36(49)30-12-11-27(58-30)10-9-25-8-7-24-5-3-13-40-34(24)43-25/h7-8,11-12,17-18,28-29,45H,3-6,9-10,13-16,19-21,38H2,1-2H3,(H,39,46)(H,40,43)(H,41,48)(H,42,49)(H,44,47)(H,50,51)(H,52,53,54). The quantitative estimate of drug-likeness (QED) is 0.0439. The number of pyridine rings is 1. The first-order valence-corrected chi connectivity index (χ1v) is 22.8. The number of ether oxygens (including phenoxy) is 1. The van der Waals surface area contributed by atoms with E-state index in [9.17, 15) is 45.9 Å². The molecule has 0 spiro atoms. The zero-order valence-electron chi connectivity index (χ0n) is 33.0. The Hall–Kier alpha value is -5.20. The first-order valence-electron chi connectivity index (χ1n) is 18.9. The van der Waals surface area contributed by atoms with Crippen LogP contribution in [0.3, 0.4) is 0 Å². The summed E-state index contributed by atoms with van der Waals surface area (Å²) < 4.78 is 66.3. The molecule has 3 heterocycles. The topological polar surface area (TPSA) is 314 Å². The van der Waals surface area contributed by atoms with Crippen molar-refractivity contribution >= 4 is 66.9 Å². The predicted molar refractivity (Wildman–Crippen MR) is 221 cm³/mol. The molecular formula is C37H50N8O12S3. The van der Waals surface area contributed by atoms with Gasteiger partial charge in [0.05, 0.1) is 22.9 Å². The fraction of sp³-hybridized carbons (Fsp3) is 0.459. The van der Waals surface area contributed by atoms with E-state index < -0.39 is 80.7 Å². The molecule has 23 heteroatoms. The minimum absolute atomic E-state index is 0.0202. The van der Waals surface area contributed by atoms with E-state index in [1.807, 2.05) is 12.1 Å². The number of anilines is 1. The number of hydrogen-bond donors (Lipinski definition) is 9. The fourth-order valence-corrected chi connectivity index (χ4v) is 9.41. The minimum atomic E-state index is -4.60. The number of thiophene rings is 1. The molecule has 1 aromatic carbocycles. The van der Waals surface area contributed by atoms with E-state index in [0.29, 0.717) is 23.5 Å². The lowest BCUT2D eigenvalue weighted by atomic mass is 10.1. The number of fused-ring (bicyclic) bond motifs is 1. The molecule has 1 aliphatic heterocycles. The van der Waals surface area contributed by atoms with Crippen molar-refractivity contribution in [2.45, 2.75) is 69.4 Å². The molecule has 1 aliphatic rings. The number of nitrogens with one attached hydrogen (secondary N) is 6. The molecule has 0 aliphatic carbocycles. The maximum atomic E-state index is 13.5. The second kappa shape index (κ2) is 21.9. The number of carboxylic acids is 1. The number of amides is 4. The summed E-state index contributed by atoms with van der Waals surface area (Å²) in [6.45, 7) is 2.82. The fourth-order valence-electron chi connectivity index (χ4n) is 6.19. The highest BCUT2D eigenvalue weighted by atomic mass is 32.2. The maximum Gasteiger partial charge on any atom is 0.323 e. The van der Waals surface area contributed by atoms with E-state index >= 15 is 0 Å². The summed E-state index contributed by atoms with van der Waals surface area (Å²) in [4.78, 5) is 66.9. The van der Waals surface area contributed by atoms with Gasteiger partial charge in [-0.15, -0.1) is 11.3 Å². The number of aryl methyl sites for hydroxylation is 5. The Morgan fingerprint density at radius 2 is 1.67 bits per heavy atom. The van der Waals surface area contributed by atoms with Crippen LogP contribution in [0.2, 0.25) is 0 Å². The van der Waals surface area contributed by atoms with Gasteiger partial charge in [-0.1, -0.05) is 6.07 Å². The number of carboxylic acid groups (broad SMARTS) is 1. The van der Waals surface area contributed by atoms with E-state index in [-0.39, 0.29) is 48.6 Å². The van der Waals surface area contributed by atoms with Crippen LogP contribution < -0.4 is 41.8 Å². The number of aromatic nitrogens is 1. The zero-order chi connectivity index (χ0) is 44.0. The van der Waals surface area contributed by atoms with E-state index in [4.69, 9.17) is 20.0 Å². The van der Waals surface area contributed by atoms with E-state index in [2.05, 4.69) is 37.4 Å². The van der Waals surface area contributed by atoms with Gasteiger partial charge in [0.15, 0.2) is 0 Å². The van der Waals surface area contributed by atoms with Crippen LogP contribution in [-0.2, 0) is 58.6 Å². The summed E-state index contributed by atoms with van der Waals surface area (Å²) in [6.07, 6.45) is 3.67. The molecule has 3 aromatic rings.